The lowest BCUT2D eigenvalue weighted by atomic mass is 10.3. The number of carboxylic acids is 2. The minimum absolute atomic E-state index is 0.558. The zero-order chi connectivity index (χ0) is 12.4. The van der Waals surface area contributed by atoms with Gasteiger partial charge in [-0.05, 0) is 12.1 Å². The van der Waals surface area contributed by atoms with E-state index in [1.165, 1.54) is 6.20 Å². The van der Waals surface area contributed by atoms with Crippen molar-refractivity contribution in [2.45, 2.75) is 0 Å². The predicted octanol–water partition coefficient (Wildman–Crippen LogP) is 0.665. The molecule has 6 nitrogen and oxygen atoms in total. The van der Waals surface area contributed by atoms with Gasteiger partial charge in [0.2, 0.25) is 0 Å². The van der Waals surface area contributed by atoms with Crippen molar-refractivity contribution in [3.63, 3.8) is 0 Å². The van der Waals surface area contributed by atoms with Gasteiger partial charge >= 0.3 is 11.9 Å². The van der Waals surface area contributed by atoms with Crippen molar-refractivity contribution in [2.24, 2.45) is 0 Å². The fourth-order valence-electron chi connectivity index (χ4n) is 0.571. The van der Waals surface area contributed by atoms with Gasteiger partial charge in [0, 0.05) is 24.5 Å². The Hall–Kier alpha value is -2.68. The summed E-state index contributed by atoms with van der Waals surface area (Å²) in [5.41, 5.74) is 0.604. The largest absolute Gasteiger partial charge is 0.478 e. The first-order valence-corrected chi connectivity index (χ1v) is 4.00. The number of carboxylic acid groups (broad SMARTS) is 2. The molecule has 0 atom stereocenters. The van der Waals surface area contributed by atoms with Gasteiger partial charge in [-0.25, -0.2) is 9.59 Å². The third-order valence-corrected chi connectivity index (χ3v) is 1.16. The second-order valence-electron chi connectivity index (χ2n) is 2.36. The van der Waals surface area contributed by atoms with Gasteiger partial charge in [0.15, 0.2) is 0 Å². The highest BCUT2D eigenvalue weighted by Crippen LogP contribution is 1.89. The van der Waals surface area contributed by atoms with Crippen LogP contribution in [-0.4, -0.2) is 27.1 Å². The maximum absolute atomic E-state index is 9.55. The fraction of sp³-hybridized carbons (Fsp3) is 0. The first-order chi connectivity index (χ1) is 7.56. The Balaban J connectivity index is 0.000000281. The molecule has 0 aromatic carbocycles. The van der Waals surface area contributed by atoms with Crippen LogP contribution in [0.5, 0.6) is 0 Å². The average Bonchev–Trinajstić information content (AvgIpc) is 2.28. The summed E-state index contributed by atoms with van der Waals surface area (Å²) in [7, 11) is 0. The van der Waals surface area contributed by atoms with Gasteiger partial charge in [0.05, 0.1) is 5.56 Å². The summed E-state index contributed by atoms with van der Waals surface area (Å²) in [5, 5.41) is 23.9. The molecule has 82 valence electrons. The van der Waals surface area contributed by atoms with E-state index >= 15 is 0 Å². The lowest BCUT2D eigenvalue weighted by Gasteiger charge is -1.79. The van der Waals surface area contributed by atoms with Crippen molar-refractivity contribution >= 4 is 11.9 Å². The molecule has 0 aliphatic carbocycles. The van der Waals surface area contributed by atoms with Crippen LogP contribution in [0.2, 0.25) is 0 Å². The van der Waals surface area contributed by atoms with E-state index in [1.54, 1.807) is 18.3 Å². The third kappa shape index (κ3) is 7.94. The molecular formula is C10H8N2O4. The molecule has 1 heterocycles. The summed E-state index contributed by atoms with van der Waals surface area (Å²) in [6.07, 6.45) is 4.28. The van der Waals surface area contributed by atoms with Gasteiger partial charge < -0.3 is 10.2 Å². The molecule has 2 N–H and O–H groups in total. The summed E-state index contributed by atoms with van der Waals surface area (Å²) in [4.78, 5) is 22.8. The van der Waals surface area contributed by atoms with Gasteiger partial charge in [-0.3, -0.25) is 4.98 Å². The van der Waals surface area contributed by atoms with Crippen LogP contribution < -0.4 is 0 Å². The molecule has 16 heavy (non-hydrogen) atoms. The second kappa shape index (κ2) is 7.70. The van der Waals surface area contributed by atoms with Gasteiger partial charge in [-0.15, -0.1) is 0 Å². The van der Waals surface area contributed by atoms with Crippen LogP contribution in [0.25, 0.3) is 0 Å². The number of carbonyl (C=O) groups is 2. The van der Waals surface area contributed by atoms with Crippen LogP contribution in [0.4, 0.5) is 0 Å². The zero-order valence-electron chi connectivity index (χ0n) is 8.07. The number of pyridine rings is 1. The summed E-state index contributed by atoms with van der Waals surface area (Å²) in [6, 6.07) is 5.41. The number of hydrogen-bond acceptors (Lipinski definition) is 4. The Morgan fingerprint density at radius 2 is 1.88 bits per heavy atom. The predicted molar refractivity (Wildman–Crippen MR) is 53.4 cm³/mol. The Morgan fingerprint density at radius 1 is 1.31 bits per heavy atom. The zero-order valence-corrected chi connectivity index (χ0v) is 8.07. The van der Waals surface area contributed by atoms with E-state index < -0.39 is 11.9 Å². The first-order valence-electron chi connectivity index (χ1n) is 4.00. The molecule has 0 aliphatic heterocycles. The molecule has 0 saturated carbocycles. The molecule has 0 bridgehead atoms. The number of hydrogen-bond donors (Lipinski definition) is 2. The molecule has 0 spiro atoms. The van der Waals surface area contributed by atoms with E-state index in [4.69, 9.17) is 15.5 Å². The molecule has 0 radical (unpaired) electrons. The molecule has 1 rings (SSSR count). The van der Waals surface area contributed by atoms with Gasteiger partial charge in [-0.2, -0.15) is 5.26 Å². The van der Waals surface area contributed by atoms with Crippen LogP contribution >= 0.6 is 0 Å². The monoisotopic (exact) mass is 220 g/mol. The Bertz CT molecular complexity index is 404. The van der Waals surface area contributed by atoms with Crippen LogP contribution in [-0.2, 0) is 9.59 Å². The Morgan fingerprint density at radius 3 is 2.12 bits per heavy atom. The molecule has 1 aromatic rings. The van der Waals surface area contributed by atoms with E-state index in [1.807, 2.05) is 6.07 Å². The Labute approximate surface area is 91.1 Å². The summed E-state index contributed by atoms with van der Waals surface area (Å²) < 4.78 is 0. The van der Waals surface area contributed by atoms with Gasteiger partial charge in [-0.1, -0.05) is 0 Å². The lowest BCUT2D eigenvalue weighted by Crippen LogP contribution is -1.91. The third-order valence-electron chi connectivity index (χ3n) is 1.16. The standard InChI is InChI=1S/C6H4N2.C4H4O4/c7-4-6-2-1-3-8-5-6;5-3(6)1-2-4(7)8/h1-3,5H;1-2H,(H,5,6)(H,7,8)/b;2-1+. The molecule has 0 aliphatic rings. The number of aromatic nitrogens is 1. The highest BCUT2D eigenvalue weighted by molar-refractivity contribution is 5.89. The molecule has 1 aromatic heterocycles. The van der Waals surface area contributed by atoms with E-state index in [9.17, 15) is 9.59 Å². The van der Waals surface area contributed by atoms with E-state index in [0.717, 1.165) is 0 Å². The number of nitrogens with zero attached hydrogens (tertiary/aromatic N) is 2. The van der Waals surface area contributed by atoms with Crippen LogP contribution in [0.3, 0.4) is 0 Å². The van der Waals surface area contributed by atoms with E-state index in [-0.39, 0.29) is 0 Å². The molecule has 0 unspecified atom stereocenters. The van der Waals surface area contributed by atoms with Crippen LogP contribution in [0.15, 0.2) is 36.7 Å². The van der Waals surface area contributed by atoms with Crippen molar-refractivity contribution in [3.8, 4) is 6.07 Å². The van der Waals surface area contributed by atoms with Gasteiger partial charge in [0.1, 0.15) is 6.07 Å². The molecule has 0 amide bonds. The highest BCUT2D eigenvalue weighted by atomic mass is 16.4. The van der Waals surface area contributed by atoms with Crippen molar-refractivity contribution in [1.82, 2.24) is 4.98 Å². The summed E-state index contributed by atoms with van der Waals surface area (Å²) in [5.74, 6) is -2.51. The maximum atomic E-state index is 9.55. The number of rotatable bonds is 2. The van der Waals surface area contributed by atoms with Crippen molar-refractivity contribution < 1.29 is 19.8 Å². The van der Waals surface area contributed by atoms with Crippen LogP contribution in [0, 0.1) is 11.3 Å². The number of nitriles is 1. The maximum Gasteiger partial charge on any atom is 0.328 e. The smallest absolute Gasteiger partial charge is 0.328 e. The first kappa shape index (κ1) is 13.3. The van der Waals surface area contributed by atoms with E-state index in [2.05, 4.69) is 4.98 Å². The topological polar surface area (TPSA) is 111 Å². The summed E-state index contributed by atoms with van der Waals surface area (Å²) >= 11 is 0. The normalized spacial score (nSPS) is 8.69. The summed E-state index contributed by atoms with van der Waals surface area (Å²) in [6.45, 7) is 0. The second-order valence-corrected chi connectivity index (χ2v) is 2.36. The minimum atomic E-state index is -1.26. The molecule has 6 heteroatoms. The minimum Gasteiger partial charge on any atom is -0.478 e. The fourth-order valence-corrected chi connectivity index (χ4v) is 0.571. The molecule has 0 saturated heterocycles. The Kier molecular flexibility index (Phi) is 6.41. The molecular weight excluding hydrogens is 212 g/mol. The highest BCUT2D eigenvalue weighted by Gasteiger charge is 1.88. The average molecular weight is 220 g/mol. The van der Waals surface area contributed by atoms with Crippen molar-refractivity contribution in [1.29, 1.82) is 5.26 Å². The van der Waals surface area contributed by atoms with Crippen LogP contribution in [0.1, 0.15) is 5.56 Å². The van der Waals surface area contributed by atoms with Gasteiger partial charge in [0.25, 0.3) is 0 Å². The number of aliphatic carboxylic acids is 2. The van der Waals surface area contributed by atoms with Crippen molar-refractivity contribution in [2.75, 3.05) is 0 Å². The SMILES string of the molecule is N#Cc1cccnc1.O=C(O)/C=C/C(=O)O. The lowest BCUT2D eigenvalue weighted by molar-refractivity contribution is -0.134. The quantitative estimate of drug-likeness (QED) is 0.708. The molecule has 0 fully saturated rings. The van der Waals surface area contributed by atoms with Crippen molar-refractivity contribution in [3.05, 3.63) is 42.2 Å². The van der Waals surface area contributed by atoms with E-state index in [0.29, 0.717) is 17.7 Å².